The molecular formula is C9H11ClN2O5S. The molecule has 0 heterocycles. The van der Waals surface area contributed by atoms with Gasteiger partial charge in [-0.2, -0.15) is 0 Å². The third-order valence-electron chi connectivity index (χ3n) is 2.02. The van der Waals surface area contributed by atoms with Crippen molar-refractivity contribution >= 4 is 33.3 Å². The van der Waals surface area contributed by atoms with Crippen LogP contribution in [0.2, 0.25) is 5.02 Å². The monoisotopic (exact) mass is 294 g/mol. The Kier molecular flexibility index (Phi) is 4.38. The van der Waals surface area contributed by atoms with Crippen molar-refractivity contribution in [2.45, 2.75) is 4.90 Å². The molecule has 0 aliphatic carbocycles. The molecule has 0 aliphatic heterocycles. The first-order chi connectivity index (χ1) is 8.27. The number of benzene rings is 1. The minimum Gasteiger partial charge on any atom is -0.504 e. The fraction of sp³-hybridized carbons (Fsp3) is 0.222. The number of nitrogens with one attached hydrogen (secondary N) is 1. The number of hydrogen-bond acceptors (Lipinski definition) is 6. The van der Waals surface area contributed by atoms with Crippen molar-refractivity contribution in [3.63, 3.8) is 0 Å². The highest BCUT2D eigenvalue weighted by Gasteiger charge is 2.21. The first kappa shape index (κ1) is 14.6. The van der Waals surface area contributed by atoms with Crippen molar-refractivity contribution in [3.8, 4) is 5.75 Å². The number of ether oxygens (including phenoxy) is 1. The normalized spacial score (nSPS) is 11.1. The number of sulfonamides is 1. The molecule has 0 aliphatic rings. The van der Waals surface area contributed by atoms with Crippen LogP contribution in [-0.4, -0.2) is 33.1 Å². The number of hydrogen-bond donors (Lipinski definition) is 3. The minimum atomic E-state index is -4.17. The van der Waals surface area contributed by atoms with Crippen molar-refractivity contribution in [1.82, 2.24) is 0 Å². The molecule has 4 N–H and O–H groups in total. The number of methoxy groups -OCH3 is 1. The Morgan fingerprint density at radius 1 is 1.56 bits per heavy atom. The van der Waals surface area contributed by atoms with Gasteiger partial charge in [-0.1, -0.05) is 11.6 Å². The smallest absolute Gasteiger partial charge is 0.325 e. The van der Waals surface area contributed by atoms with Crippen molar-refractivity contribution in [2.24, 2.45) is 5.14 Å². The van der Waals surface area contributed by atoms with Gasteiger partial charge in [-0.05, 0) is 12.1 Å². The molecule has 9 heteroatoms. The Morgan fingerprint density at radius 3 is 2.67 bits per heavy atom. The van der Waals surface area contributed by atoms with Gasteiger partial charge in [0.2, 0.25) is 10.0 Å². The fourth-order valence-electron chi connectivity index (χ4n) is 1.20. The summed E-state index contributed by atoms with van der Waals surface area (Å²) >= 11 is 5.64. The Balaban J connectivity index is 3.14. The van der Waals surface area contributed by atoms with E-state index in [1.165, 1.54) is 19.2 Å². The molecular weight excluding hydrogens is 284 g/mol. The second kappa shape index (κ2) is 5.42. The van der Waals surface area contributed by atoms with E-state index < -0.39 is 26.6 Å². The first-order valence-electron chi connectivity index (χ1n) is 4.62. The van der Waals surface area contributed by atoms with Crippen molar-refractivity contribution < 1.29 is 23.1 Å². The van der Waals surface area contributed by atoms with Crippen LogP contribution in [0.5, 0.6) is 5.75 Å². The van der Waals surface area contributed by atoms with Crippen molar-refractivity contribution in [1.29, 1.82) is 0 Å². The van der Waals surface area contributed by atoms with E-state index in [9.17, 15) is 18.3 Å². The largest absolute Gasteiger partial charge is 0.504 e. The van der Waals surface area contributed by atoms with Crippen LogP contribution in [0.25, 0.3) is 0 Å². The number of anilines is 1. The zero-order valence-corrected chi connectivity index (χ0v) is 10.9. The Bertz CT molecular complexity index is 573. The lowest BCUT2D eigenvalue weighted by atomic mass is 10.3. The predicted molar refractivity (Wildman–Crippen MR) is 65.0 cm³/mol. The van der Waals surface area contributed by atoms with Gasteiger partial charge in [-0.15, -0.1) is 0 Å². The quantitative estimate of drug-likeness (QED) is 0.542. The number of carbonyl (C=O) groups is 1. The van der Waals surface area contributed by atoms with Crippen LogP contribution < -0.4 is 10.5 Å². The van der Waals surface area contributed by atoms with Crippen LogP contribution in [0.1, 0.15) is 0 Å². The molecule has 0 saturated heterocycles. The molecule has 100 valence electrons. The van der Waals surface area contributed by atoms with Gasteiger partial charge in [0.15, 0.2) is 5.75 Å². The number of primary sulfonamides is 1. The average Bonchev–Trinajstić information content (AvgIpc) is 2.25. The standard InChI is InChI=1S/C9H11ClN2O5S/c1-17-7(13)4-12-6-3-2-5(10)9(8(6)14)18(11,15)16/h2-3,12,14H,4H2,1H3,(H2,11,15,16). The molecule has 0 fully saturated rings. The molecule has 0 spiro atoms. The Labute approximate surface area is 109 Å². The molecule has 1 aromatic rings. The van der Waals surface area contributed by atoms with E-state index in [4.69, 9.17) is 16.7 Å². The predicted octanol–water partition coefficient (Wildman–Crippen LogP) is 0.278. The molecule has 0 atom stereocenters. The first-order valence-corrected chi connectivity index (χ1v) is 6.54. The molecule has 7 nitrogen and oxygen atoms in total. The molecule has 18 heavy (non-hydrogen) atoms. The molecule has 0 radical (unpaired) electrons. The van der Waals surface area contributed by atoms with Crippen LogP contribution in [0.15, 0.2) is 17.0 Å². The summed E-state index contributed by atoms with van der Waals surface area (Å²) in [5.41, 5.74) is 0.00817. The number of phenolic OH excluding ortho intramolecular Hbond substituents is 1. The number of rotatable bonds is 4. The maximum Gasteiger partial charge on any atom is 0.325 e. The van der Waals surface area contributed by atoms with E-state index in [0.29, 0.717) is 0 Å². The third kappa shape index (κ3) is 3.25. The summed E-state index contributed by atoms with van der Waals surface area (Å²) < 4.78 is 26.9. The molecule has 0 amide bonds. The van der Waals surface area contributed by atoms with Gasteiger partial charge in [0.1, 0.15) is 11.4 Å². The number of phenols is 1. The lowest BCUT2D eigenvalue weighted by Crippen LogP contribution is -2.17. The average molecular weight is 295 g/mol. The number of halogens is 1. The van der Waals surface area contributed by atoms with Crippen LogP contribution in [0.4, 0.5) is 5.69 Å². The Hall–Kier alpha value is -1.51. The second-order valence-corrected chi connectivity index (χ2v) is 5.15. The van der Waals surface area contributed by atoms with E-state index in [1.807, 2.05) is 0 Å². The maximum atomic E-state index is 11.2. The lowest BCUT2D eigenvalue weighted by molar-refractivity contribution is -0.138. The SMILES string of the molecule is COC(=O)CNc1ccc(Cl)c(S(N)(=O)=O)c1O. The topological polar surface area (TPSA) is 119 Å². The van der Waals surface area contributed by atoms with Gasteiger partial charge in [0.05, 0.1) is 17.8 Å². The second-order valence-electron chi connectivity index (χ2n) is 3.25. The zero-order valence-electron chi connectivity index (χ0n) is 9.31. The van der Waals surface area contributed by atoms with E-state index in [2.05, 4.69) is 10.1 Å². The summed E-state index contributed by atoms with van der Waals surface area (Å²) in [7, 11) is -2.97. The van der Waals surface area contributed by atoms with E-state index >= 15 is 0 Å². The summed E-state index contributed by atoms with van der Waals surface area (Å²) in [5, 5.41) is 16.9. The lowest BCUT2D eigenvalue weighted by Gasteiger charge is -2.11. The summed E-state index contributed by atoms with van der Waals surface area (Å²) in [5.74, 6) is -1.23. The van der Waals surface area contributed by atoms with Gasteiger partial charge >= 0.3 is 5.97 Å². The third-order valence-corrected chi connectivity index (χ3v) is 3.43. The van der Waals surface area contributed by atoms with E-state index in [-0.39, 0.29) is 17.3 Å². The van der Waals surface area contributed by atoms with E-state index in [1.54, 1.807) is 0 Å². The molecule has 1 rings (SSSR count). The highest BCUT2D eigenvalue weighted by molar-refractivity contribution is 7.89. The van der Waals surface area contributed by atoms with Gasteiger partial charge in [0.25, 0.3) is 0 Å². The molecule has 0 bridgehead atoms. The maximum absolute atomic E-state index is 11.2. The van der Waals surface area contributed by atoms with Crippen molar-refractivity contribution in [3.05, 3.63) is 17.2 Å². The van der Waals surface area contributed by atoms with Crippen LogP contribution in [-0.2, 0) is 19.6 Å². The fourth-order valence-corrected chi connectivity index (χ4v) is 2.39. The molecule has 0 aromatic heterocycles. The summed E-state index contributed by atoms with van der Waals surface area (Å²) in [6, 6.07) is 2.55. The molecule has 1 aromatic carbocycles. The van der Waals surface area contributed by atoms with Crippen molar-refractivity contribution in [2.75, 3.05) is 19.0 Å². The number of aromatic hydroxyl groups is 1. The van der Waals surface area contributed by atoms with Crippen LogP contribution in [0.3, 0.4) is 0 Å². The zero-order chi connectivity index (χ0) is 13.9. The summed E-state index contributed by atoms with van der Waals surface area (Å²) in [6.07, 6.45) is 0. The molecule has 0 unspecified atom stereocenters. The van der Waals surface area contributed by atoms with Crippen LogP contribution >= 0.6 is 11.6 Å². The highest BCUT2D eigenvalue weighted by atomic mass is 35.5. The number of nitrogens with two attached hydrogens (primary N) is 1. The van der Waals surface area contributed by atoms with E-state index in [0.717, 1.165) is 0 Å². The number of carbonyl (C=O) groups excluding carboxylic acids is 1. The van der Waals surface area contributed by atoms with Crippen LogP contribution in [0, 0.1) is 0 Å². The van der Waals surface area contributed by atoms with Gasteiger partial charge in [-0.3, -0.25) is 4.79 Å². The number of esters is 1. The molecule has 0 saturated carbocycles. The highest BCUT2D eigenvalue weighted by Crippen LogP contribution is 2.35. The summed E-state index contributed by atoms with van der Waals surface area (Å²) in [6.45, 7) is -0.240. The minimum absolute atomic E-state index is 0.00817. The summed E-state index contributed by atoms with van der Waals surface area (Å²) in [4.78, 5) is 10.3. The Morgan fingerprint density at radius 2 is 2.17 bits per heavy atom. The van der Waals surface area contributed by atoms with Gasteiger partial charge in [-0.25, -0.2) is 13.6 Å². The van der Waals surface area contributed by atoms with Gasteiger partial charge in [0, 0.05) is 0 Å². The van der Waals surface area contributed by atoms with Gasteiger partial charge < -0.3 is 15.2 Å².